The van der Waals surface area contributed by atoms with E-state index in [1.54, 1.807) is 0 Å². The molecule has 0 saturated carbocycles. The van der Waals surface area contributed by atoms with E-state index in [-0.39, 0.29) is 0 Å². The maximum absolute atomic E-state index is 5.55. The van der Waals surface area contributed by atoms with Crippen LogP contribution in [0.4, 0.5) is 0 Å². The van der Waals surface area contributed by atoms with Gasteiger partial charge in [0.15, 0.2) is 0 Å². The van der Waals surface area contributed by atoms with Crippen molar-refractivity contribution in [2.45, 2.75) is 78.6 Å². The molecular weight excluding hydrogens is 236 g/mol. The Bertz CT molecular complexity index is 157. The van der Waals surface area contributed by atoms with Crippen LogP contribution in [0.5, 0.6) is 0 Å². The van der Waals surface area contributed by atoms with Gasteiger partial charge in [-0.15, -0.1) is 0 Å². The van der Waals surface area contributed by atoms with Crippen LogP contribution >= 0.6 is 0 Å². The maximum Gasteiger partial charge on any atom is 0.0700 e. The van der Waals surface area contributed by atoms with Crippen molar-refractivity contribution < 1.29 is 9.47 Å². The highest BCUT2D eigenvalue weighted by atomic mass is 16.5. The summed E-state index contributed by atoms with van der Waals surface area (Å²) in [6, 6.07) is 0. The van der Waals surface area contributed by atoms with Crippen molar-refractivity contribution in [1.82, 2.24) is 0 Å². The molecule has 0 atom stereocenters. The molecule has 0 aliphatic carbocycles. The van der Waals surface area contributed by atoms with Gasteiger partial charge >= 0.3 is 0 Å². The number of hydrogen-bond donors (Lipinski definition) is 0. The molecule has 0 amide bonds. The molecule has 0 saturated heterocycles. The molecule has 2 heteroatoms. The SMILES string of the molecule is CCCCCCCCCCCOCCOCC(C)C. The fraction of sp³-hybridized carbons (Fsp3) is 1.00. The third-order valence-electron chi connectivity index (χ3n) is 3.22. The van der Waals surface area contributed by atoms with Gasteiger partial charge in [-0.1, -0.05) is 72.1 Å². The number of hydrogen-bond acceptors (Lipinski definition) is 2. The summed E-state index contributed by atoms with van der Waals surface area (Å²) in [5.41, 5.74) is 0. The molecule has 116 valence electrons. The standard InChI is InChI=1S/C17H36O2/c1-4-5-6-7-8-9-10-11-12-13-18-14-15-19-16-17(2)3/h17H,4-16H2,1-3H3. The molecule has 0 aromatic heterocycles. The first-order valence-corrected chi connectivity index (χ1v) is 8.42. The zero-order chi connectivity index (χ0) is 14.2. The lowest BCUT2D eigenvalue weighted by Gasteiger charge is -2.07. The molecule has 0 unspecified atom stereocenters. The highest BCUT2D eigenvalue weighted by Gasteiger charge is 1.95. The molecule has 0 spiro atoms. The Hall–Kier alpha value is -0.0800. The Morgan fingerprint density at radius 3 is 1.74 bits per heavy atom. The second-order valence-corrected chi connectivity index (χ2v) is 5.91. The van der Waals surface area contributed by atoms with Crippen molar-refractivity contribution in [3.8, 4) is 0 Å². The fourth-order valence-corrected chi connectivity index (χ4v) is 2.05. The van der Waals surface area contributed by atoms with E-state index in [0.29, 0.717) is 5.92 Å². The van der Waals surface area contributed by atoms with Crippen molar-refractivity contribution in [2.24, 2.45) is 5.92 Å². The fourth-order valence-electron chi connectivity index (χ4n) is 2.05. The quantitative estimate of drug-likeness (QED) is 0.381. The Morgan fingerprint density at radius 1 is 0.632 bits per heavy atom. The minimum atomic E-state index is 0.623. The predicted molar refractivity (Wildman–Crippen MR) is 83.7 cm³/mol. The van der Waals surface area contributed by atoms with Crippen LogP contribution in [0.1, 0.15) is 78.6 Å². The van der Waals surface area contributed by atoms with Gasteiger partial charge < -0.3 is 9.47 Å². The van der Waals surface area contributed by atoms with E-state index in [1.165, 1.54) is 57.8 Å². The van der Waals surface area contributed by atoms with Crippen LogP contribution in [0.15, 0.2) is 0 Å². The molecule has 0 N–H and O–H groups in total. The topological polar surface area (TPSA) is 18.5 Å². The van der Waals surface area contributed by atoms with Crippen LogP contribution in [0.3, 0.4) is 0 Å². The molecule has 0 heterocycles. The average Bonchev–Trinajstić information content (AvgIpc) is 2.39. The Kier molecular flexibility index (Phi) is 15.9. The Morgan fingerprint density at radius 2 is 1.16 bits per heavy atom. The summed E-state index contributed by atoms with van der Waals surface area (Å²) in [5, 5.41) is 0. The molecule has 0 bridgehead atoms. The number of unbranched alkanes of at least 4 members (excludes halogenated alkanes) is 8. The third kappa shape index (κ3) is 17.9. The minimum Gasteiger partial charge on any atom is -0.379 e. The van der Waals surface area contributed by atoms with E-state index in [9.17, 15) is 0 Å². The molecule has 0 radical (unpaired) electrons. The highest BCUT2D eigenvalue weighted by Crippen LogP contribution is 2.09. The summed E-state index contributed by atoms with van der Waals surface area (Å²) in [5.74, 6) is 0.623. The lowest BCUT2D eigenvalue weighted by atomic mass is 10.1. The van der Waals surface area contributed by atoms with Crippen molar-refractivity contribution in [2.75, 3.05) is 26.4 Å². The van der Waals surface area contributed by atoms with Crippen molar-refractivity contribution in [3.63, 3.8) is 0 Å². The molecular formula is C17H36O2. The zero-order valence-electron chi connectivity index (χ0n) is 13.6. The summed E-state index contributed by atoms with van der Waals surface area (Å²) in [6.45, 7) is 9.86. The summed E-state index contributed by atoms with van der Waals surface area (Å²) in [7, 11) is 0. The van der Waals surface area contributed by atoms with Crippen LogP contribution in [0.2, 0.25) is 0 Å². The van der Waals surface area contributed by atoms with E-state index in [4.69, 9.17) is 9.47 Å². The molecule has 0 fully saturated rings. The molecule has 0 aliphatic rings. The zero-order valence-corrected chi connectivity index (χ0v) is 13.6. The van der Waals surface area contributed by atoms with Gasteiger partial charge in [0.1, 0.15) is 0 Å². The van der Waals surface area contributed by atoms with Crippen molar-refractivity contribution in [1.29, 1.82) is 0 Å². The van der Waals surface area contributed by atoms with Gasteiger partial charge in [-0.05, 0) is 12.3 Å². The predicted octanol–water partition coefficient (Wildman–Crippen LogP) is 5.21. The monoisotopic (exact) mass is 272 g/mol. The Balaban J connectivity index is 2.91. The van der Waals surface area contributed by atoms with E-state index in [1.807, 2.05) is 0 Å². The average molecular weight is 272 g/mol. The second-order valence-electron chi connectivity index (χ2n) is 5.91. The Labute approximate surface area is 121 Å². The number of ether oxygens (including phenoxy) is 2. The third-order valence-corrected chi connectivity index (χ3v) is 3.22. The summed E-state index contributed by atoms with van der Waals surface area (Å²) >= 11 is 0. The van der Waals surface area contributed by atoms with Gasteiger partial charge in [-0.2, -0.15) is 0 Å². The van der Waals surface area contributed by atoms with Crippen LogP contribution in [-0.4, -0.2) is 26.4 Å². The molecule has 0 aliphatic heterocycles. The number of rotatable bonds is 15. The molecule has 0 aromatic carbocycles. The first-order valence-electron chi connectivity index (χ1n) is 8.42. The first-order chi connectivity index (χ1) is 9.27. The first kappa shape index (κ1) is 18.9. The minimum absolute atomic E-state index is 0.623. The smallest absolute Gasteiger partial charge is 0.0700 e. The van der Waals surface area contributed by atoms with Gasteiger partial charge in [0.05, 0.1) is 13.2 Å². The van der Waals surface area contributed by atoms with E-state index in [0.717, 1.165) is 26.4 Å². The second kappa shape index (κ2) is 16.0. The van der Waals surface area contributed by atoms with Gasteiger partial charge in [-0.3, -0.25) is 0 Å². The van der Waals surface area contributed by atoms with Crippen molar-refractivity contribution in [3.05, 3.63) is 0 Å². The van der Waals surface area contributed by atoms with E-state index >= 15 is 0 Å². The highest BCUT2D eigenvalue weighted by molar-refractivity contribution is 4.46. The van der Waals surface area contributed by atoms with Gasteiger partial charge in [-0.25, -0.2) is 0 Å². The van der Waals surface area contributed by atoms with Crippen LogP contribution in [0.25, 0.3) is 0 Å². The molecule has 0 rings (SSSR count). The molecule has 19 heavy (non-hydrogen) atoms. The lowest BCUT2D eigenvalue weighted by molar-refractivity contribution is 0.0365. The van der Waals surface area contributed by atoms with E-state index < -0.39 is 0 Å². The van der Waals surface area contributed by atoms with E-state index in [2.05, 4.69) is 20.8 Å². The summed E-state index contributed by atoms with van der Waals surface area (Å²) in [6.07, 6.45) is 12.3. The van der Waals surface area contributed by atoms with Crippen molar-refractivity contribution >= 4 is 0 Å². The summed E-state index contributed by atoms with van der Waals surface area (Å²) < 4.78 is 11.0. The molecule has 0 aromatic rings. The molecule has 2 nitrogen and oxygen atoms in total. The largest absolute Gasteiger partial charge is 0.379 e. The van der Waals surface area contributed by atoms with Gasteiger partial charge in [0.25, 0.3) is 0 Å². The van der Waals surface area contributed by atoms with Gasteiger partial charge in [0, 0.05) is 13.2 Å². The normalized spacial score (nSPS) is 11.4. The van der Waals surface area contributed by atoms with Crippen LogP contribution in [-0.2, 0) is 9.47 Å². The maximum atomic E-state index is 5.55. The van der Waals surface area contributed by atoms with Crippen LogP contribution < -0.4 is 0 Å². The summed E-state index contributed by atoms with van der Waals surface area (Å²) in [4.78, 5) is 0. The van der Waals surface area contributed by atoms with Gasteiger partial charge in [0.2, 0.25) is 0 Å². The van der Waals surface area contributed by atoms with Crippen LogP contribution in [0, 0.1) is 5.92 Å². The lowest BCUT2D eigenvalue weighted by Crippen LogP contribution is -2.09.